The predicted octanol–water partition coefficient (Wildman–Crippen LogP) is 3.92. The van der Waals surface area contributed by atoms with Crippen molar-refractivity contribution >= 4 is 0 Å². The summed E-state index contributed by atoms with van der Waals surface area (Å²) in [6.07, 6.45) is 0. The predicted molar refractivity (Wildman–Crippen MR) is 45.1 cm³/mol. The highest BCUT2D eigenvalue weighted by Crippen LogP contribution is 2.69. The Kier molecular flexibility index (Phi) is 3.78. The van der Waals surface area contributed by atoms with Crippen LogP contribution in [0.3, 0.4) is 0 Å². The first-order chi connectivity index (χ1) is 9.06. The molecule has 0 heterocycles. The molecule has 0 atom stereocenters. The zero-order valence-electron chi connectivity index (χ0n) is 9.98. The van der Waals surface area contributed by atoms with E-state index < -0.39 is 48.5 Å². The maximum atomic E-state index is 13.7. The van der Waals surface area contributed by atoms with Gasteiger partial charge < -0.3 is 4.74 Å². The molecule has 126 valence electrons. The van der Waals surface area contributed by atoms with Crippen molar-refractivity contribution in [3.05, 3.63) is 0 Å². The molecule has 0 aliphatic heterocycles. The first-order valence-electron chi connectivity index (χ1n) is 5.22. The van der Waals surface area contributed by atoms with E-state index in [1.165, 1.54) is 0 Å². The van der Waals surface area contributed by atoms with Crippen molar-refractivity contribution in [3.8, 4) is 0 Å². The highest BCUT2D eigenvalue weighted by atomic mass is 19.4. The zero-order valence-corrected chi connectivity index (χ0v) is 9.98. The quantitative estimate of drug-likeness (QED) is 0.708. The smallest absolute Gasteiger partial charge is 0.378 e. The lowest BCUT2D eigenvalue weighted by Gasteiger charge is -2.52. The Bertz CT molecular complexity index is 386. The third kappa shape index (κ3) is 1.67. The first-order valence-corrected chi connectivity index (χ1v) is 5.22. The number of rotatable bonds is 3. The average Bonchev–Trinajstić information content (AvgIpc) is 2.33. The van der Waals surface area contributed by atoms with Gasteiger partial charge in [0.05, 0.1) is 6.61 Å². The van der Waals surface area contributed by atoms with Crippen LogP contribution in [0.25, 0.3) is 0 Å². The van der Waals surface area contributed by atoms with Crippen LogP contribution in [0, 0.1) is 0 Å². The molecule has 1 rings (SSSR count). The second-order valence-corrected chi connectivity index (χ2v) is 4.31. The lowest BCUT2D eigenvalue weighted by molar-refractivity contribution is -0.487. The molecule has 0 unspecified atom stereocenters. The van der Waals surface area contributed by atoms with Crippen LogP contribution >= 0.6 is 0 Å². The van der Waals surface area contributed by atoms with Gasteiger partial charge in [0, 0.05) is 6.61 Å². The van der Waals surface area contributed by atoms with E-state index in [1.807, 2.05) is 0 Å². The van der Waals surface area contributed by atoms with Crippen LogP contribution < -0.4 is 0 Å². The molecule has 12 heteroatoms. The number of hydrogen-bond donors (Lipinski definition) is 0. The van der Waals surface area contributed by atoms with Crippen LogP contribution in [-0.2, 0) is 4.74 Å². The summed E-state index contributed by atoms with van der Waals surface area (Å²) < 4.78 is 147. The second-order valence-electron chi connectivity index (χ2n) is 4.31. The molecule has 0 radical (unpaired) electrons. The van der Waals surface area contributed by atoms with Crippen molar-refractivity contribution in [1.29, 1.82) is 0 Å². The van der Waals surface area contributed by atoms with Crippen molar-refractivity contribution in [2.45, 2.75) is 42.2 Å². The Morgan fingerprint density at radius 2 is 0.857 bits per heavy atom. The molecule has 1 nitrogen and oxygen atoms in total. The Balaban J connectivity index is 3.66. The van der Waals surface area contributed by atoms with E-state index in [1.54, 1.807) is 0 Å². The van der Waals surface area contributed by atoms with Crippen LogP contribution in [0.15, 0.2) is 0 Å². The van der Waals surface area contributed by atoms with Crippen LogP contribution in [0.1, 0.15) is 6.92 Å². The lowest BCUT2D eigenvalue weighted by atomic mass is 9.72. The van der Waals surface area contributed by atoms with Gasteiger partial charge in [0.25, 0.3) is 5.67 Å². The highest BCUT2D eigenvalue weighted by molar-refractivity contribution is 5.26. The van der Waals surface area contributed by atoms with Gasteiger partial charge in [-0.15, -0.1) is 0 Å². The van der Waals surface area contributed by atoms with E-state index in [-0.39, 0.29) is 0 Å². The molecule has 21 heavy (non-hydrogen) atoms. The van der Waals surface area contributed by atoms with Gasteiger partial charge in [-0.05, 0) is 6.92 Å². The highest BCUT2D eigenvalue weighted by Gasteiger charge is 3.01. The normalized spacial score (nSPS) is 30.9. The van der Waals surface area contributed by atoms with Crippen LogP contribution in [-0.4, -0.2) is 48.5 Å². The van der Waals surface area contributed by atoms with Gasteiger partial charge in [-0.3, -0.25) is 0 Å². The summed E-state index contributed by atoms with van der Waals surface area (Å²) in [7, 11) is 0. The van der Waals surface area contributed by atoms with Crippen molar-refractivity contribution in [1.82, 2.24) is 0 Å². The fourth-order valence-corrected chi connectivity index (χ4v) is 1.71. The molecule has 0 N–H and O–H groups in total. The van der Waals surface area contributed by atoms with Crippen LogP contribution in [0.4, 0.5) is 48.3 Å². The fraction of sp³-hybridized carbons (Fsp3) is 1.00. The first kappa shape index (κ1) is 18.2. The van der Waals surface area contributed by atoms with E-state index in [0.29, 0.717) is 0 Å². The molecule has 1 saturated carbocycles. The second kappa shape index (κ2) is 4.35. The Labute approximate surface area is 110 Å². The summed E-state index contributed by atoms with van der Waals surface area (Å²) in [5, 5.41) is 0. The number of hydrogen-bond acceptors (Lipinski definition) is 1. The van der Waals surface area contributed by atoms with E-state index in [9.17, 15) is 48.3 Å². The molecule has 1 aliphatic carbocycles. The monoisotopic (exact) mass is 340 g/mol. The minimum atomic E-state index is -7.17. The van der Waals surface area contributed by atoms with E-state index >= 15 is 0 Å². The number of ether oxygens (including phenoxy) is 1. The molecule has 0 bridgehead atoms. The van der Waals surface area contributed by atoms with E-state index in [2.05, 4.69) is 4.74 Å². The van der Waals surface area contributed by atoms with Crippen molar-refractivity contribution < 1.29 is 53.0 Å². The number of halogens is 11. The molecule has 0 saturated heterocycles. The zero-order chi connectivity index (χ0) is 17.1. The Morgan fingerprint density at radius 1 is 0.571 bits per heavy atom. The van der Waals surface area contributed by atoms with Gasteiger partial charge >= 0.3 is 29.6 Å². The summed E-state index contributed by atoms with van der Waals surface area (Å²) >= 11 is 0. The summed E-state index contributed by atoms with van der Waals surface area (Å²) in [4.78, 5) is 0. The molecular formula is C9H7F11O. The maximum Gasteiger partial charge on any atom is 0.384 e. The SMILES string of the molecule is CCOCC1(F)C(F)(F)C(F)(F)C(F)(F)C(F)(F)C1(F)F. The van der Waals surface area contributed by atoms with Gasteiger partial charge in [-0.1, -0.05) is 0 Å². The summed E-state index contributed by atoms with van der Waals surface area (Å²) in [5.74, 6) is -34.9. The third-order valence-corrected chi connectivity index (χ3v) is 3.08. The van der Waals surface area contributed by atoms with Crippen molar-refractivity contribution in [2.24, 2.45) is 0 Å². The largest absolute Gasteiger partial charge is 0.384 e. The van der Waals surface area contributed by atoms with Gasteiger partial charge in [0.1, 0.15) is 0 Å². The van der Waals surface area contributed by atoms with Crippen molar-refractivity contribution in [3.63, 3.8) is 0 Å². The minimum Gasteiger partial charge on any atom is -0.378 e. The summed E-state index contributed by atoms with van der Waals surface area (Å²) in [6.45, 7) is -2.48. The molecule has 0 spiro atoms. The average molecular weight is 340 g/mol. The van der Waals surface area contributed by atoms with Gasteiger partial charge in [0.2, 0.25) is 0 Å². The lowest BCUT2D eigenvalue weighted by Crippen LogP contribution is -2.84. The summed E-state index contributed by atoms with van der Waals surface area (Å²) in [6, 6.07) is 0. The Hall–Kier alpha value is -0.810. The van der Waals surface area contributed by atoms with Gasteiger partial charge in [-0.25, -0.2) is 4.39 Å². The molecule has 0 aromatic rings. The Morgan fingerprint density at radius 3 is 1.14 bits per heavy atom. The molecule has 0 aromatic carbocycles. The van der Waals surface area contributed by atoms with Crippen LogP contribution in [0.2, 0.25) is 0 Å². The maximum absolute atomic E-state index is 13.7. The van der Waals surface area contributed by atoms with E-state index in [4.69, 9.17) is 0 Å². The van der Waals surface area contributed by atoms with Crippen LogP contribution in [0.5, 0.6) is 0 Å². The standard InChI is InChI=1S/C9H7F11O/c1-2-21-3-4(10)5(11,12)7(15,16)9(19,20)8(17,18)6(4,13)14/h2-3H2,1H3. The molecule has 1 aliphatic rings. The van der Waals surface area contributed by atoms with Gasteiger partial charge in [-0.2, -0.15) is 43.9 Å². The summed E-state index contributed by atoms with van der Waals surface area (Å²) in [5.41, 5.74) is -6.02. The molecule has 1 fully saturated rings. The molecular weight excluding hydrogens is 333 g/mol. The minimum absolute atomic E-state index is 0.786. The van der Waals surface area contributed by atoms with Crippen molar-refractivity contribution in [2.75, 3.05) is 13.2 Å². The molecule has 0 amide bonds. The van der Waals surface area contributed by atoms with Gasteiger partial charge in [0.15, 0.2) is 0 Å². The fourth-order valence-electron chi connectivity index (χ4n) is 1.71. The third-order valence-electron chi connectivity index (χ3n) is 3.08. The molecule has 0 aromatic heterocycles. The van der Waals surface area contributed by atoms with E-state index in [0.717, 1.165) is 6.92 Å². The number of alkyl halides is 11. The topological polar surface area (TPSA) is 9.23 Å².